The first-order chi connectivity index (χ1) is 21.2. The summed E-state index contributed by atoms with van der Waals surface area (Å²) in [7, 11) is 0. The van der Waals surface area contributed by atoms with Gasteiger partial charge in [-0.05, 0) is 43.4 Å². The number of nitrogens with one attached hydrogen (secondary N) is 4. The number of aromatic nitrogens is 3. The number of amides is 4. The molecule has 2 aromatic heterocycles. The summed E-state index contributed by atoms with van der Waals surface area (Å²) in [5, 5.41) is 10.9. The van der Waals surface area contributed by atoms with Crippen molar-refractivity contribution in [3.05, 3.63) is 64.1 Å². The standard InChI is InChI=1S/C30H40N8O5S.2ClH/c1-19(2)12-23(31)29-37-25(17-44-29)30(42)38-10-4-3-8-34-28(41)24(14-21-15-32-18-35-21)36-27(40)20-6-5-7-22(13-20)43-11-9-33-26(39)16-38;;/h5-7,13,15,17-19,23-24H,3-4,8-12,14,16,31H2,1-2H3,(H,32,35)(H,33,39)(H,34,41)(H,36,40);2*1H/t23-,24?;;/m0../s1. The molecule has 0 saturated heterocycles. The maximum absolute atomic E-state index is 13.4. The largest absolute Gasteiger partial charge is 0.492 e. The van der Waals surface area contributed by atoms with Gasteiger partial charge >= 0.3 is 0 Å². The number of ether oxygens (including phenoxy) is 1. The van der Waals surface area contributed by atoms with Crippen molar-refractivity contribution in [1.82, 2.24) is 35.8 Å². The first kappa shape index (κ1) is 38.5. The number of benzene rings is 1. The number of fused-ring (bicyclic) bond motifs is 2. The molecule has 4 amide bonds. The Morgan fingerprint density at radius 3 is 2.70 bits per heavy atom. The van der Waals surface area contributed by atoms with Gasteiger partial charge in [-0.2, -0.15) is 0 Å². The van der Waals surface area contributed by atoms with Gasteiger partial charge in [0.2, 0.25) is 11.8 Å². The molecule has 46 heavy (non-hydrogen) atoms. The zero-order valence-corrected chi connectivity index (χ0v) is 28.3. The van der Waals surface area contributed by atoms with E-state index in [-0.39, 0.29) is 86.9 Å². The van der Waals surface area contributed by atoms with Crippen molar-refractivity contribution in [2.45, 2.75) is 51.6 Å². The molecule has 1 unspecified atom stereocenters. The summed E-state index contributed by atoms with van der Waals surface area (Å²) >= 11 is 1.34. The topological polar surface area (TPSA) is 184 Å². The lowest BCUT2D eigenvalue weighted by atomic mass is 10.1. The molecule has 3 aromatic rings. The van der Waals surface area contributed by atoms with Crippen LogP contribution >= 0.6 is 36.2 Å². The van der Waals surface area contributed by atoms with Crippen LogP contribution in [0.15, 0.2) is 42.2 Å². The van der Waals surface area contributed by atoms with Crippen LogP contribution in [0, 0.1) is 5.92 Å². The second-order valence-corrected chi connectivity index (χ2v) is 12.0. The number of imidazole rings is 1. The third kappa shape index (κ3) is 11.6. The van der Waals surface area contributed by atoms with Crippen LogP contribution in [0.2, 0.25) is 0 Å². The number of hydrogen-bond donors (Lipinski definition) is 5. The summed E-state index contributed by atoms with van der Waals surface area (Å²) in [4.78, 5) is 65.4. The molecule has 2 bridgehead atoms. The minimum Gasteiger partial charge on any atom is -0.492 e. The predicted octanol–water partition coefficient (Wildman–Crippen LogP) is 2.64. The van der Waals surface area contributed by atoms with E-state index in [2.05, 4.69) is 44.7 Å². The van der Waals surface area contributed by atoms with Crippen molar-refractivity contribution in [3.8, 4) is 5.75 Å². The molecule has 0 fully saturated rings. The van der Waals surface area contributed by atoms with E-state index >= 15 is 0 Å². The fourth-order valence-corrected chi connectivity index (χ4v) is 5.53. The Morgan fingerprint density at radius 2 is 1.96 bits per heavy atom. The molecule has 0 saturated carbocycles. The number of carbonyl (C=O) groups excluding carboxylic acids is 4. The normalized spacial score (nSPS) is 17.4. The maximum Gasteiger partial charge on any atom is 0.273 e. The Kier molecular flexibility index (Phi) is 15.9. The van der Waals surface area contributed by atoms with Crippen molar-refractivity contribution in [3.63, 3.8) is 0 Å². The Balaban J connectivity index is 0.00000368. The van der Waals surface area contributed by atoms with Gasteiger partial charge in [0.25, 0.3) is 11.8 Å². The molecule has 13 nitrogen and oxygen atoms in total. The third-order valence-corrected chi connectivity index (χ3v) is 7.93. The van der Waals surface area contributed by atoms with Gasteiger partial charge in [-0.15, -0.1) is 36.2 Å². The quantitative estimate of drug-likeness (QED) is 0.260. The maximum atomic E-state index is 13.4. The van der Waals surface area contributed by atoms with Gasteiger partial charge in [0.15, 0.2) is 0 Å². The van der Waals surface area contributed by atoms with Crippen molar-refractivity contribution in [1.29, 1.82) is 0 Å². The number of nitrogens with two attached hydrogens (primary N) is 1. The minimum absolute atomic E-state index is 0. The van der Waals surface area contributed by atoms with E-state index in [0.29, 0.717) is 47.3 Å². The van der Waals surface area contributed by atoms with Crippen LogP contribution < -0.4 is 26.4 Å². The van der Waals surface area contributed by atoms with Gasteiger partial charge in [-0.1, -0.05) is 19.9 Å². The van der Waals surface area contributed by atoms with E-state index in [4.69, 9.17) is 10.5 Å². The summed E-state index contributed by atoms with van der Waals surface area (Å²) in [6.45, 7) is 4.95. The van der Waals surface area contributed by atoms with Gasteiger partial charge in [-0.3, -0.25) is 19.2 Å². The average Bonchev–Trinajstić information content (AvgIpc) is 3.70. The van der Waals surface area contributed by atoms with E-state index in [1.807, 2.05) is 0 Å². The zero-order valence-electron chi connectivity index (χ0n) is 25.8. The van der Waals surface area contributed by atoms with Crippen LogP contribution in [0.3, 0.4) is 0 Å². The summed E-state index contributed by atoms with van der Waals surface area (Å²) in [5.41, 5.74) is 7.56. The van der Waals surface area contributed by atoms with Crippen LogP contribution in [0.25, 0.3) is 0 Å². The molecule has 0 aliphatic carbocycles. The second-order valence-electron chi connectivity index (χ2n) is 11.1. The molecule has 1 aliphatic rings. The molecule has 3 heterocycles. The molecule has 6 N–H and O–H groups in total. The number of thiazole rings is 1. The molecule has 1 aromatic carbocycles. The Hall–Kier alpha value is -3.72. The van der Waals surface area contributed by atoms with Crippen LogP contribution in [-0.4, -0.2) is 82.3 Å². The van der Waals surface area contributed by atoms with E-state index in [1.165, 1.54) is 22.6 Å². The Morgan fingerprint density at radius 1 is 1.15 bits per heavy atom. The van der Waals surface area contributed by atoms with Crippen molar-refractivity contribution >= 4 is 59.8 Å². The summed E-state index contributed by atoms with van der Waals surface area (Å²) in [5.74, 6) is -0.646. The van der Waals surface area contributed by atoms with E-state index in [0.717, 1.165) is 6.42 Å². The van der Waals surface area contributed by atoms with E-state index in [1.54, 1.807) is 35.8 Å². The predicted molar refractivity (Wildman–Crippen MR) is 180 cm³/mol. The molecule has 1 aliphatic heterocycles. The Bertz CT molecular complexity index is 1420. The molecular formula is C30H42Cl2N8O5S. The number of aromatic amines is 1. The lowest BCUT2D eigenvalue weighted by Crippen LogP contribution is -2.48. The molecule has 4 rings (SSSR count). The first-order valence-electron chi connectivity index (χ1n) is 14.7. The lowest BCUT2D eigenvalue weighted by molar-refractivity contribution is -0.123. The van der Waals surface area contributed by atoms with Gasteiger partial charge in [0, 0.05) is 42.3 Å². The van der Waals surface area contributed by atoms with E-state index < -0.39 is 11.9 Å². The monoisotopic (exact) mass is 696 g/mol. The fraction of sp³-hybridized carbons (Fsp3) is 0.467. The third-order valence-electron chi connectivity index (χ3n) is 6.95. The fourth-order valence-electron chi connectivity index (χ4n) is 4.72. The molecule has 2 atom stereocenters. The lowest BCUT2D eigenvalue weighted by Gasteiger charge is -2.22. The molecule has 16 heteroatoms. The SMILES string of the molecule is CC(C)C[C@H](N)c1nc(C(=O)N2CCCCNC(=O)C(Cc3cnc[nH]3)NC(=O)c3cccc(c3)OCCNC(=O)C2)cs1.Cl.Cl. The minimum atomic E-state index is -0.851. The number of nitrogens with zero attached hydrogens (tertiary/aromatic N) is 3. The zero-order chi connectivity index (χ0) is 31.5. The number of carbonyl (C=O) groups is 4. The summed E-state index contributed by atoms with van der Waals surface area (Å²) < 4.78 is 5.75. The molecular weight excluding hydrogens is 655 g/mol. The van der Waals surface area contributed by atoms with Gasteiger partial charge in [-0.25, -0.2) is 9.97 Å². The van der Waals surface area contributed by atoms with Gasteiger partial charge in [0.05, 0.1) is 25.5 Å². The van der Waals surface area contributed by atoms with Crippen LogP contribution in [0.5, 0.6) is 5.75 Å². The van der Waals surface area contributed by atoms with Gasteiger partial charge in [0.1, 0.15) is 29.1 Å². The number of H-pyrrole nitrogens is 1. The smallest absolute Gasteiger partial charge is 0.273 e. The number of halogens is 2. The molecule has 252 valence electrons. The number of rotatable bonds is 6. The van der Waals surface area contributed by atoms with Gasteiger partial charge < -0.3 is 36.3 Å². The second kappa shape index (κ2) is 19.1. The highest BCUT2D eigenvalue weighted by Crippen LogP contribution is 2.23. The summed E-state index contributed by atoms with van der Waals surface area (Å²) in [6.07, 6.45) is 5.15. The van der Waals surface area contributed by atoms with Crippen LogP contribution in [0.4, 0.5) is 0 Å². The summed E-state index contributed by atoms with van der Waals surface area (Å²) in [6, 6.07) is 5.47. The van der Waals surface area contributed by atoms with Crippen molar-refractivity contribution < 1.29 is 23.9 Å². The Labute approximate surface area is 284 Å². The van der Waals surface area contributed by atoms with Crippen LogP contribution in [0.1, 0.15) is 70.7 Å². The first-order valence-corrected chi connectivity index (χ1v) is 15.6. The highest BCUT2D eigenvalue weighted by Gasteiger charge is 2.25. The van der Waals surface area contributed by atoms with Crippen LogP contribution in [-0.2, 0) is 16.0 Å². The number of hydrogen-bond acceptors (Lipinski definition) is 9. The van der Waals surface area contributed by atoms with Crippen molar-refractivity contribution in [2.75, 3.05) is 32.8 Å². The average molecular weight is 698 g/mol. The highest BCUT2D eigenvalue weighted by molar-refractivity contribution is 7.09. The van der Waals surface area contributed by atoms with E-state index in [9.17, 15) is 19.2 Å². The highest BCUT2D eigenvalue weighted by atomic mass is 35.5. The molecule has 0 radical (unpaired) electrons. The van der Waals surface area contributed by atoms with Crippen molar-refractivity contribution in [2.24, 2.45) is 11.7 Å². The molecule has 0 spiro atoms.